The summed E-state index contributed by atoms with van der Waals surface area (Å²) in [5, 5.41) is 24.9. The van der Waals surface area contributed by atoms with E-state index in [9.17, 15) is 10.5 Å². The molecule has 4 aromatic rings. The number of amidine groups is 1. The van der Waals surface area contributed by atoms with Crippen LogP contribution >= 0.6 is 7.26 Å². The van der Waals surface area contributed by atoms with E-state index in [-0.39, 0.29) is 12.4 Å². The Morgan fingerprint density at radius 2 is 1.03 bits per heavy atom. The van der Waals surface area contributed by atoms with Gasteiger partial charge in [-0.25, -0.2) is 0 Å². The molecule has 0 atom stereocenters. The zero-order valence-corrected chi connectivity index (χ0v) is 20.3. The Bertz CT molecular complexity index is 1180. The summed E-state index contributed by atoms with van der Waals surface area (Å²) < 4.78 is 0. The first kappa shape index (κ1) is 23.8. The van der Waals surface area contributed by atoms with Crippen LogP contribution in [0.3, 0.4) is 0 Å². The molecular formula is C29H26ClN2OP. The predicted octanol–water partition coefficient (Wildman–Crippen LogP) is 2.25. The fourth-order valence-corrected chi connectivity index (χ4v) is 9.15. The number of halogens is 1. The molecular weight excluding hydrogens is 459 g/mol. The molecule has 34 heavy (non-hydrogen) atoms. The molecule has 0 fully saturated rings. The van der Waals surface area contributed by atoms with E-state index in [1.807, 2.05) is 77.7 Å². The third-order valence-corrected chi connectivity index (χ3v) is 10.5. The van der Waals surface area contributed by atoms with Crippen molar-refractivity contribution in [3.8, 4) is 0 Å². The summed E-state index contributed by atoms with van der Waals surface area (Å²) in [6.07, 6.45) is 0. The topological polar surface area (TPSA) is 47.3 Å². The highest BCUT2D eigenvalue weighted by Crippen LogP contribution is 2.64. The number of aliphatic hydroxyl groups excluding tert-OH is 1. The van der Waals surface area contributed by atoms with Gasteiger partial charge in [0.05, 0.1) is 6.54 Å². The maximum atomic E-state index is 11.5. The van der Waals surface area contributed by atoms with Gasteiger partial charge in [0.15, 0.2) is 24.2 Å². The minimum Gasteiger partial charge on any atom is -1.00 e. The molecule has 1 aliphatic heterocycles. The van der Waals surface area contributed by atoms with Crippen LogP contribution in [0.5, 0.6) is 0 Å². The lowest BCUT2D eigenvalue weighted by Gasteiger charge is -2.29. The van der Waals surface area contributed by atoms with Gasteiger partial charge in [0.1, 0.15) is 15.9 Å². The molecule has 0 saturated heterocycles. The summed E-state index contributed by atoms with van der Waals surface area (Å²) in [4.78, 5) is 1.98. The number of rotatable bonds is 6. The average Bonchev–Trinajstić information content (AvgIpc) is 3.15. The van der Waals surface area contributed by atoms with Crippen molar-refractivity contribution in [1.29, 1.82) is 5.41 Å². The smallest absolute Gasteiger partial charge is 0.190 e. The summed E-state index contributed by atoms with van der Waals surface area (Å²) in [5.74, 6) is 0.696. The SMILES string of the molecule is N=C1C([P+](c2ccccc2)(c2ccccc2)c2ccccc2)=C(O)CN1Cc1ccccc1.[Cl-]. The molecule has 0 aliphatic carbocycles. The molecule has 0 radical (unpaired) electrons. The maximum Gasteiger partial charge on any atom is 0.190 e. The van der Waals surface area contributed by atoms with Crippen LogP contribution in [0.15, 0.2) is 132 Å². The quantitative estimate of drug-likeness (QED) is 0.412. The van der Waals surface area contributed by atoms with E-state index in [0.29, 0.717) is 24.7 Å². The van der Waals surface area contributed by atoms with Gasteiger partial charge in [-0.2, -0.15) is 0 Å². The molecule has 1 aliphatic rings. The van der Waals surface area contributed by atoms with Crippen molar-refractivity contribution in [2.45, 2.75) is 6.54 Å². The normalized spacial score (nSPS) is 13.6. The van der Waals surface area contributed by atoms with E-state index in [1.54, 1.807) is 0 Å². The molecule has 0 spiro atoms. The minimum absolute atomic E-state index is 0. The molecule has 0 aromatic heterocycles. The van der Waals surface area contributed by atoms with Crippen LogP contribution in [-0.4, -0.2) is 22.4 Å². The molecule has 0 saturated carbocycles. The summed E-state index contributed by atoms with van der Waals surface area (Å²) in [7, 11) is -2.49. The van der Waals surface area contributed by atoms with Crippen LogP contribution in [0.25, 0.3) is 0 Å². The predicted molar refractivity (Wildman–Crippen MR) is 139 cm³/mol. The van der Waals surface area contributed by atoms with Crippen molar-refractivity contribution in [2.75, 3.05) is 6.54 Å². The zero-order chi connectivity index (χ0) is 22.7. The maximum absolute atomic E-state index is 11.5. The number of hydrogen-bond acceptors (Lipinski definition) is 2. The number of hydrogen-bond donors (Lipinski definition) is 2. The average molecular weight is 485 g/mol. The van der Waals surface area contributed by atoms with Crippen LogP contribution in [-0.2, 0) is 6.54 Å². The van der Waals surface area contributed by atoms with Crippen molar-refractivity contribution in [3.05, 3.63) is 138 Å². The lowest BCUT2D eigenvalue weighted by atomic mass is 10.2. The van der Waals surface area contributed by atoms with E-state index in [2.05, 4.69) is 48.5 Å². The number of nitrogens with one attached hydrogen (secondary N) is 1. The van der Waals surface area contributed by atoms with E-state index in [4.69, 9.17) is 0 Å². The largest absolute Gasteiger partial charge is 1.00 e. The highest BCUT2D eigenvalue weighted by Gasteiger charge is 2.56. The monoisotopic (exact) mass is 484 g/mol. The minimum atomic E-state index is -2.49. The summed E-state index contributed by atoms with van der Waals surface area (Å²) in [6.45, 7) is 0.933. The summed E-state index contributed by atoms with van der Waals surface area (Å²) in [5.41, 5.74) is 1.12. The fourth-order valence-electron chi connectivity index (χ4n) is 4.70. The molecule has 0 amide bonds. The van der Waals surface area contributed by atoms with Crippen molar-refractivity contribution in [3.63, 3.8) is 0 Å². The first-order chi connectivity index (χ1) is 16.2. The van der Waals surface area contributed by atoms with Crippen LogP contribution in [0.4, 0.5) is 0 Å². The molecule has 5 rings (SSSR count). The molecule has 3 nitrogen and oxygen atoms in total. The Kier molecular flexibility index (Phi) is 7.17. The lowest BCUT2D eigenvalue weighted by molar-refractivity contribution is -0.00000778. The Balaban J connectivity index is 0.00000274. The molecule has 2 N–H and O–H groups in total. The van der Waals surface area contributed by atoms with Crippen LogP contribution < -0.4 is 28.3 Å². The van der Waals surface area contributed by atoms with E-state index in [0.717, 1.165) is 26.8 Å². The van der Waals surface area contributed by atoms with Gasteiger partial charge in [-0.05, 0) is 42.0 Å². The summed E-state index contributed by atoms with van der Waals surface area (Å²) >= 11 is 0. The Morgan fingerprint density at radius 1 is 0.647 bits per heavy atom. The Hall–Kier alpha value is -3.39. The molecule has 1 heterocycles. The van der Waals surface area contributed by atoms with E-state index < -0.39 is 7.26 Å². The van der Waals surface area contributed by atoms with Crippen molar-refractivity contribution >= 4 is 29.0 Å². The molecule has 5 heteroatoms. The summed E-state index contributed by atoms with van der Waals surface area (Å²) in [6, 6.07) is 41.3. The lowest BCUT2D eigenvalue weighted by Crippen LogP contribution is -3.00. The number of nitrogens with zero attached hydrogens (tertiary/aromatic N) is 1. The highest BCUT2D eigenvalue weighted by atomic mass is 35.5. The van der Waals surface area contributed by atoms with Gasteiger partial charge in [-0.1, -0.05) is 84.9 Å². The fraction of sp³-hybridized carbons (Fsp3) is 0.0690. The van der Waals surface area contributed by atoms with Gasteiger partial charge >= 0.3 is 0 Å². The van der Waals surface area contributed by atoms with Crippen LogP contribution in [0, 0.1) is 5.41 Å². The van der Waals surface area contributed by atoms with Gasteiger partial charge in [0, 0.05) is 6.54 Å². The number of aliphatic hydroxyl groups is 1. The van der Waals surface area contributed by atoms with Gasteiger partial charge in [-0.3, -0.25) is 5.41 Å². The van der Waals surface area contributed by atoms with Crippen LogP contribution in [0.1, 0.15) is 5.56 Å². The van der Waals surface area contributed by atoms with Crippen LogP contribution in [0.2, 0.25) is 0 Å². The second-order valence-electron chi connectivity index (χ2n) is 8.16. The standard InChI is InChI=1S/C29H25N2OP.ClH/c30-29-28(27(32)22-31(29)21-23-13-5-1-6-14-23)33(24-15-7-2-8-16-24,25-17-9-3-10-18-25)26-19-11-4-12-20-26;/h1-20H,21-22H2,(H-,30,32);1H. The van der Waals surface area contributed by atoms with Crippen molar-refractivity contribution in [2.24, 2.45) is 0 Å². The van der Waals surface area contributed by atoms with Gasteiger partial charge in [0.2, 0.25) is 0 Å². The Labute approximate surface area is 207 Å². The third kappa shape index (κ3) is 4.14. The van der Waals surface area contributed by atoms with Gasteiger partial charge < -0.3 is 22.4 Å². The van der Waals surface area contributed by atoms with Gasteiger partial charge in [0.25, 0.3) is 0 Å². The van der Waals surface area contributed by atoms with E-state index in [1.165, 1.54) is 0 Å². The van der Waals surface area contributed by atoms with E-state index >= 15 is 0 Å². The number of benzene rings is 4. The first-order valence-corrected chi connectivity index (χ1v) is 12.9. The zero-order valence-electron chi connectivity index (χ0n) is 18.7. The third-order valence-electron chi connectivity index (χ3n) is 6.14. The highest BCUT2D eigenvalue weighted by molar-refractivity contribution is 7.99. The molecule has 170 valence electrons. The second-order valence-corrected chi connectivity index (χ2v) is 11.5. The van der Waals surface area contributed by atoms with Gasteiger partial charge in [-0.15, -0.1) is 0 Å². The van der Waals surface area contributed by atoms with Crippen molar-refractivity contribution in [1.82, 2.24) is 4.90 Å². The molecule has 0 unspecified atom stereocenters. The molecule has 0 bridgehead atoms. The first-order valence-electron chi connectivity index (χ1n) is 11.1. The van der Waals surface area contributed by atoms with Crippen molar-refractivity contribution < 1.29 is 17.5 Å². The molecule has 4 aromatic carbocycles. The Morgan fingerprint density at radius 3 is 1.44 bits per heavy atom. The second kappa shape index (κ2) is 10.3.